The first-order chi connectivity index (χ1) is 7.52. The Labute approximate surface area is 95.6 Å². The minimum absolute atomic E-state index is 0.0756. The first kappa shape index (κ1) is 13.0. The van der Waals surface area contributed by atoms with E-state index in [2.05, 4.69) is 0 Å². The van der Waals surface area contributed by atoms with E-state index in [1.54, 1.807) is 11.9 Å². The van der Waals surface area contributed by atoms with Crippen LogP contribution in [0.5, 0.6) is 0 Å². The van der Waals surface area contributed by atoms with Crippen molar-refractivity contribution in [3.63, 3.8) is 0 Å². The van der Waals surface area contributed by atoms with Gasteiger partial charge in [-0.05, 0) is 19.3 Å². The van der Waals surface area contributed by atoms with Crippen molar-refractivity contribution in [2.24, 2.45) is 11.1 Å². The van der Waals surface area contributed by atoms with E-state index in [0.29, 0.717) is 19.5 Å². The maximum Gasteiger partial charge on any atom is 0.303 e. The molecule has 1 saturated carbocycles. The monoisotopic (exact) mass is 228 g/mol. The summed E-state index contributed by atoms with van der Waals surface area (Å²) in [5.74, 6) is -0.746. The number of carbonyl (C=O) groups excluding carboxylic acids is 1. The second-order valence-electron chi connectivity index (χ2n) is 4.56. The molecular weight excluding hydrogens is 208 g/mol. The van der Waals surface area contributed by atoms with Gasteiger partial charge in [-0.25, -0.2) is 0 Å². The van der Waals surface area contributed by atoms with Crippen LogP contribution in [-0.2, 0) is 9.59 Å². The summed E-state index contributed by atoms with van der Waals surface area (Å²) >= 11 is 0. The maximum absolute atomic E-state index is 12.1. The summed E-state index contributed by atoms with van der Waals surface area (Å²) in [7, 11) is 1.72. The second-order valence-corrected chi connectivity index (χ2v) is 4.56. The van der Waals surface area contributed by atoms with Gasteiger partial charge < -0.3 is 15.7 Å². The first-order valence-electron chi connectivity index (χ1n) is 5.69. The van der Waals surface area contributed by atoms with Crippen LogP contribution in [0, 0.1) is 5.41 Å². The Morgan fingerprint density at radius 3 is 2.44 bits per heavy atom. The number of aliphatic carboxylic acids is 1. The zero-order chi connectivity index (χ0) is 12.2. The van der Waals surface area contributed by atoms with Gasteiger partial charge in [0, 0.05) is 26.6 Å². The summed E-state index contributed by atoms with van der Waals surface area (Å²) in [6.45, 7) is 0.891. The van der Waals surface area contributed by atoms with E-state index in [1.807, 2.05) is 0 Å². The Kier molecular flexibility index (Phi) is 4.29. The molecule has 1 rings (SSSR count). The molecule has 1 fully saturated rings. The summed E-state index contributed by atoms with van der Waals surface area (Å²) < 4.78 is 0. The van der Waals surface area contributed by atoms with Crippen LogP contribution in [0.2, 0.25) is 0 Å². The molecule has 5 heteroatoms. The lowest BCUT2D eigenvalue weighted by molar-refractivity contribution is -0.146. The van der Waals surface area contributed by atoms with E-state index in [1.165, 1.54) is 0 Å². The van der Waals surface area contributed by atoms with Gasteiger partial charge in [0.15, 0.2) is 0 Å². The van der Waals surface area contributed by atoms with Crippen molar-refractivity contribution in [3.05, 3.63) is 0 Å². The highest BCUT2D eigenvalue weighted by Gasteiger charge is 2.44. The Balaban J connectivity index is 2.38. The third kappa shape index (κ3) is 2.72. The Morgan fingerprint density at radius 2 is 2.06 bits per heavy atom. The molecule has 1 aliphatic carbocycles. The van der Waals surface area contributed by atoms with Crippen molar-refractivity contribution < 1.29 is 14.7 Å². The molecule has 0 heterocycles. The van der Waals surface area contributed by atoms with Gasteiger partial charge >= 0.3 is 5.97 Å². The fraction of sp³-hybridized carbons (Fsp3) is 0.818. The van der Waals surface area contributed by atoms with Crippen LogP contribution in [0.4, 0.5) is 0 Å². The third-order valence-electron chi connectivity index (χ3n) is 3.39. The zero-order valence-electron chi connectivity index (χ0n) is 9.74. The molecule has 0 aromatic rings. The molecule has 1 aliphatic rings. The number of hydrogen-bond donors (Lipinski definition) is 2. The van der Waals surface area contributed by atoms with Crippen molar-refractivity contribution in [1.82, 2.24) is 4.90 Å². The lowest BCUT2D eigenvalue weighted by Gasteiger charge is -2.41. The number of hydrogen-bond acceptors (Lipinski definition) is 3. The summed E-state index contributed by atoms with van der Waals surface area (Å²) in [6.07, 6.45) is 3.40. The predicted octanol–water partition coefficient (Wildman–Crippen LogP) is 0.439. The van der Waals surface area contributed by atoms with Crippen molar-refractivity contribution in [2.75, 3.05) is 20.1 Å². The molecule has 0 spiro atoms. The van der Waals surface area contributed by atoms with Gasteiger partial charge in [-0.1, -0.05) is 6.42 Å². The van der Waals surface area contributed by atoms with Gasteiger partial charge in [-0.2, -0.15) is 0 Å². The van der Waals surface area contributed by atoms with Gasteiger partial charge in [0.25, 0.3) is 0 Å². The molecule has 1 amide bonds. The predicted molar refractivity (Wildman–Crippen MR) is 59.8 cm³/mol. The largest absolute Gasteiger partial charge is 0.481 e. The van der Waals surface area contributed by atoms with Crippen LogP contribution in [0.1, 0.15) is 32.1 Å². The second kappa shape index (κ2) is 5.30. The van der Waals surface area contributed by atoms with E-state index in [0.717, 1.165) is 19.3 Å². The topological polar surface area (TPSA) is 83.6 Å². The highest BCUT2D eigenvalue weighted by Crippen LogP contribution is 2.41. The fourth-order valence-corrected chi connectivity index (χ4v) is 2.08. The van der Waals surface area contributed by atoms with Crippen molar-refractivity contribution >= 4 is 11.9 Å². The molecule has 0 bridgehead atoms. The number of nitrogens with zero attached hydrogens (tertiary/aromatic N) is 1. The summed E-state index contributed by atoms with van der Waals surface area (Å²) in [5.41, 5.74) is 5.29. The molecule has 5 nitrogen and oxygen atoms in total. The van der Waals surface area contributed by atoms with E-state index >= 15 is 0 Å². The molecule has 0 aliphatic heterocycles. The molecule has 0 radical (unpaired) electrons. The fourth-order valence-electron chi connectivity index (χ4n) is 2.08. The van der Waals surface area contributed by atoms with E-state index < -0.39 is 5.97 Å². The number of carboxylic acids is 1. The van der Waals surface area contributed by atoms with Gasteiger partial charge in [0.1, 0.15) is 0 Å². The zero-order valence-corrected chi connectivity index (χ0v) is 9.74. The molecule has 0 unspecified atom stereocenters. The Hall–Kier alpha value is -1.10. The minimum atomic E-state index is -0.821. The molecule has 3 N–H and O–H groups in total. The van der Waals surface area contributed by atoms with Crippen LogP contribution in [0.3, 0.4) is 0 Å². The lowest BCUT2D eigenvalue weighted by Crippen LogP contribution is -2.51. The highest BCUT2D eigenvalue weighted by atomic mass is 16.4. The van der Waals surface area contributed by atoms with Crippen LogP contribution >= 0.6 is 0 Å². The molecule has 0 aromatic heterocycles. The van der Waals surface area contributed by atoms with Gasteiger partial charge in [-0.15, -0.1) is 0 Å². The highest BCUT2D eigenvalue weighted by molar-refractivity contribution is 5.83. The average molecular weight is 228 g/mol. The molecule has 92 valence electrons. The van der Waals surface area contributed by atoms with Gasteiger partial charge in [0.05, 0.1) is 5.41 Å². The maximum atomic E-state index is 12.1. The third-order valence-corrected chi connectivity index (χ3v) is 3.39. The van der Waals surface area contributed by atoms with Gasteiger partial charge in [0.2, 0.25) is 5.91 Å². The number of amides is 1. The van der Waals surface area contributed by atoms with Crippen molar-refractivity contribution in [3.8, 4) is 0 Å². The number of nitrogens with two attached hydrogens (primary N) is 1. The Bertz CT molecular complexity index is 269. The number of carbonyl (C=O) groups is 2. The first-order valence-corrected chi connectivity index (χ1v) is 5.69. The number of carboxylic acid groups (broad SMARTS) is 1. The quantitative estimate of drug-likeness (QED) is 0.691. The van der Waals surface area contributed by atoms with Crippen molar-refractivity contribution in [2.45, 2.75) is 32.1 Å². The summed E-state index contributed by atoms with van der Waals surface area (Å²) in [5, 5.41) is 8.50. The smallest absolute Gasteiger partial charge is 0.303 e. The SMILES string of the molecule is CN(CCCC(=O)O)C(=O)C1(CN)CCC1. The normalized spacial score (nSPS) is 17.6. The van der Waals surface area contributed by atoms with E-state index in [9.17, 15) is 9.59 Å². The van der Waals surface area contributed by atoms with Crippen LogP contribution in [0.15, 0.2) is 0 Å². The Morgan fingerprint density at radius 1 is 1.44 bits per heavy atom. The lowest BCUT2D eigenvalue weighted by atomic mass is 9.68. The average Bonchev–Trinajstić information content (AvgIpc) is 2.16. The molecule has 16 heavy (non-hydrogen) atoms. The molecule has 0 aromatic carbocycles. The minimum Gasteiger partial charge on any atom is -0.481 e. The van der Waals surface area contributed by atoms with Crippen LogP contribution < -0.4 is 5.73 Å². The molecule has 0 saturated heterocycles. The van der Waals surface area contributed by atoms with Crippen LogP contribution in [-0.4, -0.2) is 42.0 Å². The standard InChI is InChI=1S/C11H20N2O3/c1-13(7-2-4-9(14)15)10(16)11(8-12)5-3-6-11/h2-8,12H2,1H3,(H,14,15). The van der Waals surface area contributed by atoms with E-state index in [4.69, 9.17) is 10.8 Å². The van der Waals surface area contributed by atoms with Crippen molar-refractivity contribution in [1.29, 1.82) is 0 Å². The van der Waals surface area contributed by atoms with Crippen LogP contribution in [0.25, 0.3) is 0 Å². The van der Waals surface area contributed by atoms with Gasteiger partial charge in [-0.3, -0.25) is 9.59 Å². The number of rotatable bonds is 6. The summed E-state index contributed by atoms with van der Waals surface area (Å²) in [6, 6.07) is 0. The summed E-state index contributed by atoms with van der Waals surface area (Å²) in [4.78, 5) is 24.0. The molecular formula is C11H20N2O3. The molecule has 0 atom stereocenters. The van der Waals surface area contributed by atoms with E-state index in [-0.39, 0.29) is 17.7 Å².